The van der Waals surface area contributed by atoms with Crippen LogP contribution in [0.3, 0.4) is 0 Å². The van der Waals surface area contributed by atoms with Crippen LogP contribution >= 0.6 is 11.6 Å². The van der Waals surface area contributed by atoms with Crippen molar-refractivity contribution in [3.8, 4) is 11.6 Å². The maximum absolute atomic E-state index is 13.8. The molecule has 0 atom stereocenters. The number of halogens is 2. The molecule has 96 valence electrons. The molecule has 2 aromatic heterocycles. The van der Waals surface area contributed by atoms with Gasteiger partial charge in [-0.3, -0.25) is 4.57 Å². The standard InChI is InChI=1S/C13H9ClFN3O/c1-19-11-4-2-3-10-8(11)5-6-18(10)12-9(15)7-16-13(14)17-12/h2-7H,1H3. The minimum absolute atomic E-state index is 0.00106. The van der Waals surface area contributed by atoms with Crippen LogP contribution in [0.15, 0.2) is 36.7 Å². The third kappa shape index (κ3) is 1.92. The molecule has 3 rings (SSSR count). The number of aromatic nitrogens is 3. The van der Waals surface area contributed by atoms with Crippen LogP contribution in [0.1, 0.15) is 0 Å². The van der Waals surface area contributed by atoms with Crippen molar-refractivity contribution < 1.29 is 9.13 Å². The first-order chi connectivity index (χ1) is 9.20. The minimum atomic E-state index is -0.537. The van der Waals surface area contributed by atoms with Gasteiger partial charge < -0.3 is 4.74 Å². The molecular formula is C13H9ClFN3O. The van der Waals surface area contributed by atoms with Gasteiger partial charge in [0.1, 0.15) is 5.75 Å². The number of hydrogen-bond acceptors (Lipinski definition) is 3. The average molecular weight is 278 g/mol. The van der Waals surface area contributed by atoms with Crippen molar-refractivity contribution in [1.29, 1.82) is 0 Å². The Labute approximate surface area is 113 Å². The molecule has 0 aliphatic rings. The zero-order chi connectivity index (χ0) is 13.4. The average Bonchev–Trinajstić information content (AvgIpc) is 2.85. The number of nitrogens with zero attached hydrogens (tertiary/aromatic N) is 3. The maximum atomic E-state index is 13.8. The van der Waals surface area contributed by atoms with E-state index in [9.17, 15) is 4.39 Å². The molecule has 6 heteroatoms. The summed E-state index contributed by atoms with van der Waals surface area (Å²) in [5.74, 6) is 0.296. The predicted molar refractivity (Wildman–Crippen MR) is 70.4 cm³/mol. The van der Waals surface area contributed by atoms with Crippen molar-refractivity contribution in [3.05, 3.63) is 47.8 Å². The predicted octanol–water partition coefficient (Wildman–Crippen LogP) is 3.22. The van der Waals surface area contributed by atoms with Crippen molar-refractivity contribution in [2.45, 2.75) is 0 Å². The van der Waals surface area contributed by atoms with E-state index in [1.807, 2.05) is 24.3 Å². The lowest BCUT2D eigenvalue weighted by Gasteiger charge is -2.07. The molecule has 3 aromatic rings. The van der Waals surface area contributed by atoms with Crippen LogP contribution in [-0.4, -0.2) is 21.6 Å². The molecule has 0 aliphatic heterocycles. The highest BCUT2D eigenvalue weighted by atomic mass is 35.5. The van der Waals surface area contributed by atoms with Crippen LogP contribution < -0.4 is 4.74 Å². The molecule has 0 saturated heterocycles. The van der Waals surface area contributed by atoms with Crippen LogP contribution in [0.2, 0.25) is 5.28 Å². The Balaban J connectivity index is 2.29. The molecule has 4 nitrogen and oxygen atoms in total. The van der Waals surface area contributed by atoms with Gasteiger partial charge in [-0.15, -0.1) is 0 Å². The molecule has 0 spiro atoms. The van der Waals surface area contributed by atoms with Crippen LogP contribution in [0, 0.1) is 5.82 Å². The second-order valence-electron chi connectivity index (χ2n) is 3.89. The van der Waals surface area contributed by atoms with E-state index in [-0.39, 0.29) is 11.1 Å². The highest BCUT2D eigenvalue weighted by molar-refractivity contribution is 6.28. The molecule has 0 aliphatic carbocycles. The third-order valence-corrected chi connectivity index (χ3v) is 3.02. The molecule has 0 unspecified atom stereocenters. The molecule has 2 heterocycles. The van der Waals surface area contributed by atoms with Gasteiger partial charge in [0.05, 0.1) is 18.8 Å². The summed E-state index contributed by atoms with van der Waals surface area (Å²) in [6.45, 7) is 0. The second kappa shape index (κ2) is 4.51. The molecule has 0 amide bonds. The fourth-order valence-corrected chi connectivity index (χ4v) is 2.14. The number of ether oxygens (including phenoxy) is 1. The number of methoxy groups -OCH3 is 1. The van der Waals surface area contributed by atoms with Crippen LogP contribution in [0.4, 0.5) is 4.39 Å². The van der Waals surface area contributed by atoms with Crippen molar-refractivity contribution in [3.63, 3.8) is 0 Å². The molecule has 1 aromatic carbocycles. The van der Waals surface area contributed by atoms with Crippen molar-refractivity contribution in [2.75, 3.05) is 7.11 Å². The Bertz CT molecular complexity index is 757. The summed E-state index contributed by atoms with van der Waals surface area (Å²) in [7, 11) is 1.59. The fourth-order valence-electron chi connectivity index (χ4n) is 2.01. The Morgan fingerprint density at radius 2 is 2.16 bits per heavy atom. The van der Waals surface area contributed by atoms with E-state index in [2.05, 4.69) is 9.97 Å². The highest BCUT2D eigenvalue weighted by Gasteiger charge is 2.12. The van der Waals surface area contributed by atoms with Gasteiger partial charge in [-0.2, -0.15) is 4.98 Å². The van der Waals surface area contributed by atoms with Crippen LogP contribution in [0.5, 0.6) is 5.75 Å². The third-order valence-electron chi connectivity index (χ3n) is 2.84. The topological polar surface area (TPSA) is 39.9 Å². The summed E-state index contributed by atoms with van der Waals surface area (Å²) in [4.78, 5) is 7.53. The van der Waals surface area contributed by atoms with Gasteiger partial charge in [-0.05, 0) is 29.8 Å². The first-order valence-electron chi connectivity index (χ1n) is 5.53. The summed E-state index contributed by atoms with van der Waals surface area (Å²) in [5, 5.41) is 0.875. The van der Waals surface area contributed by atoms with Crippen molar-refractivity contribution >= 4 is 22.5 Å². The normalized spacial score (nSPS) is 10.9. The summed E-state index contributed by atoms with van der Waals surface area (Å²) in [6.07, 6.45) is 2.77. The lowest BCUT2D eigenvalue weighted by atomic mass is 10.2. The quantitative estimate of drug-likeness (QED) is 0.675. The number of hydrogen-bond donors (Lipinski definition) is 0. The van der Waals surface area contributed by atoms with Crippen LogP contribution in [0.25, 0.3) is 16.7 Å². The first-order valence-corrected chi connectivity index (χ1v) is 5.91. The summed E-state index contributed by atoms with van der Waals surface area (Å²) >= 11 is 5.72. The summed E-state index contributed by atoms with van der Waals surface area (Å²) in [5.41, 5.74) is 0.785. The molecule has 0 fully saturated rings. The number of benzene rings is 1. The van der Waals surface area contributed by atoms with E-state index in [4.69, 9.17) is 16.3 Å². The van der Waals surface area contributed by atoms with E-state index in [0.717, 1.165) is 22.8 Å². The van der Waals surface area contributed by atoms with Crippen LogP contribution in [-0.2, 0) is 0 Å². The number of rotatable bonds is 2. The highest BCUT2D eigenvalue weighted by Crippen LogP contribution is 2.28. The Morgan fingerprint density at radius 3 is 2.95 bits per heavy atom. The van der Waals surface area contributed by atoms with Gasteiger partial charge in [0, 0.05) is 11.6 Å². The van der Waals surface area contributed by atoms with E-state index in [0.29, 0.717) is 0 Å². The SMILES string of the molecule is COc1cccc2c1ccn2-c1nc(Cl)ncc1F. The molecule has 0 radical (unpaired) electrons. The zero-order valence-electron chi connectivity index (χ0n) is 9.97. The largest absolute Gasteiger partial charge is 0.496 e. The van der Waals surface area contributed by atoms with Gasteiger partial charge in [-0.25, -0.2) is 9.37 Å². The Hall–Kier alpha value is -2.14. The number of fused-ring (bicyclic) bond motifs is 1. The Morgan fingerprint density at radius 1 is 1.32 bits per heavy atom. The fraction of sp³-hybridized carbons (Fsp3) is 0.0769. The van der Waals surface area contributed by atoms with E-state index in [1.54, 1.807) is 17.9 Å². The van der Waals surface area contributed by atoms with E-state index in [1.165, 1.54) is 0 Å². The monoisotopic (exact) mass is 277 g/mol. The van der Waals surface area contributed by atoms with Gasteiger partial charge >= 0.3 is 0 Å². The van der Waals surface area contributed by atoms with Crippen molar-refractivity contribution in [2.24, 2.45) is 0 Å². The molecule has 19 heavy (non-hydrogen) atoms. The first kappa shape index (κ1) is 11.9. The van der Waals surface area contributed by atoms with Crippen molar-refractivity contribution in [1.82, 2.24) is 14.5 Å². The maximum Gasteiger partial charge on any atom is 0.224 e. The molecule has 0 bridgehead atoms. The molecule has 0 N–H and O–H groups in total. The molecule has 0 saturated carbocycles. The van der Waals surface area contributed by atoms with Gasteiger partial charge in [0.25, 0.3) is 0 Å². The smallest absolute Gasteiger partial charge is 0.224 e. The lowest BCUT2D eigenvalue weighted by molar-refractivity contribution is 0.420. The van der Waals surface area contributed by atoms with Gasteiger partial charge in [0.15, 0.2) is 11.6 Å². The lowest BCUT2D eigenvalue weighted by Crippen LogP contribution is -2.01. The van der Waals surface area contributed by atoms with Gasteiger partial charge in [0.2, 0.25) is 5.28 Å². The summed E-state index contributed by atoms with van der Waals surface area (Å²) in [6, 6.07) is 7.37. The molecular weight excluding hydrogens is 269 g/mol. The Kier molecular flexibility index (Phi) is 2.83. The zero-order valence-corrected chi connectivity index (χ0v) is 10.7. The minimum Gasteiger partial charge on any atom is -0.496 e. The van der Waals surface area contributed by atoms with E-state index >= 15 is 0 Å². The second-order valence-corrected chi connectivity index (χ2v) is 4.23. The summed E-state index contributed by atoms with van der Waals surface area (Å²) < 4.78 is 20.7. The van der Waals surface area contributed by atoms with E-state index < -0.39 is 5.82 Å². The van der Waals surface area contributed by atoms with Gasteiger partial charge in [-0.1, -0.05) is 6.07 Å².